The first-order valence-electron chi connectivity index (χ1n) is 10.9. The topological polar surface area (TPSA) is 75.7 Å². The number of nitrogens with one attached hydrogen (secondary N) is 1. The third kappa shape index (κ3) is 3.13. The Kier molecular flexibility index (Phi) is 4.60. The second-order valence-electron chi connectivity index (χ2n) is 9.20. The molecule has 154 valence electrons. The summed E-state index contributed by atoms with van der Waals surface area (Å²) in [5, 5.41) is 2.96. The number of benzene rings is 1. The molecule has 1 aromatic carbocycles. The molecule has 2 amide bonds. The van der Waals surface area contributed by atoms with Gasteiger partial charge in [-0.3, -0.25) is 14.4 Å². The smallest absolute Gasteiger partial charge is 0.310 e. The number of hydrogen-bond acceptors (Lipinski definition) is 4. The highest BCUT2D eigenvalue weighted by Gasteiger charge is 2.63. The van der Waals surface area contributed by atoms with Gasteiger partial charge in [-0.2, -0.15) is 0 Å². The summed E-state index contributed by atoms with van der Waals surface area (Å²) in [6.45, 7) is 0. The number of fused-ring (bicyclic) bond motifs is 1. The summed E-state index contributed by atoms with van der Waals surface area (Å²) in [5.41, 5.74) is 1.30. The van der Waals surface area contributed by atoms with E-state index in [-0.39, 0.29) is 47.6 Å². The molecule has 5 rings (SSSR count). The molecular weight excluding hydrogens is 368 g/mol. The quantitative estimate of drug-likeness (QED) is 0.793. The first kappa shape index (κ1) is 18.6. The molecule has 6 heteroatoms. The van der Waals surface area contributed by atoms with Crippen molar-refractivity contribution in [2.24, 2.45) is 23.7 Å². The maximum absolute atomic E-state index is 12.9. The number of rotatable bonds is 4. The van der Waals surface area contributed by atoms with Crippen molar-refractivity contribution in [3.05, 3.63) is 29.8 Å². The predicted molar refractivity (Wildman–Crippen MR) is 107 cm³/mol. The molecule has 0 radical (unpaired) electrons. The molecular formula is C23H28N2O4. The fourth-order valence-corrected chi connectivity index (χ4v) is 6.12. The van der Waals surface area contributed by atoms with Gasteiger partial charge in [-0.25, -0.2) is 0 Å². The van der Waals surface area contributed by atoms with E-state index in [1.54, 1.807) is 24.3 Å². The van der Waals surface area contributed by atoms with E-state index < -0.39 is 0 Å². The van der Waals surface area contributed by atoms with Crippen LogP contribution in [0, 0.1) is 23.7 Å². The van der Waals surface area contributed by atoms with Crippen LogP contribution < -0.4 is 5.32 Å². The van der Waals surface area contributed by atoms with Gasteiger partial charge in [0.25, 0.3) is 5.91 Å². The molecule has 1 aliphatic heterocycles. The van der Waals surface area contributed by atoms with E-state index in [0.29, 0.717) is 17.3 Å². The largest absolute Gasteiger partial charge is 0.462 e. The summed E-state index contributed by atoms with van der Waals surface area (Å²) >= 11 is 0. The van der Waals surface area contributed by atoms with Crippen molar-refractivity contribution in [3.8, 4) is 0 Å². The summed E-state index contributed by atoms with van der Waals surface area (Å²) in [6.07, 6.45) is 7.54. The predicted octanol–water partition coefficient (Wildman–Crippen LogP) is 3.23. The minimum Gasteiger partial charge on any atom is -0.462 e. The van der Waals surface area contributed by atoms with Crippen molar-refractivity contribution in [1.29, 1.82) is 0 Å². The summed E-state index contributed by atoms with van der Waals surface area (Å²) < 4.78 is 5.42. The van der Waals surface area contributed by atoms with Gasteiger partial charge in [0.1, 0.15) is 6.10 Å². The Morgan fingerprint density at radius 2 is 1.79 bits per heavy atom. The van der Waals surface area contributed by atoms with Crippen LogP contribution in [0.1, 0.15) is 55.3 Å². The molecule has 1 saturated heterocycles. The third-order valence-electron chi connectivity index (χ3n) is 7.63. The Morgan fingerprint density at radius 3 is 2.52 bits per heavy atom. The average Bonchev–Trinajstić information content (AvgIpc) is 3.36. The molecule has 3 aliphatic carbocycles. The zero-order chi connectivity index (χ0) is 20.1. The van der Waals surface area contributed by atoms with E-state index in [9.17, 15) is 14.4 Å². The van der Waals surface area contributed by atoms with E-state index in [0.717, 1.165) is 25.7 Å². The number of nitrogens with zero attached hydrogens (tertiary/aromatic N) is 1. The van der Waals surface area contributed by atoms with E-state index in [2.05, 4.69) is 5.32 Å². The molecule has 0 spiro atoms. The standard InChI is InChI=1S/C23H28N2O4/c1-25(16-5-3-2-4-6-16)22(27)13-7-9-15(10-8-13)24-21(26)19-14-11-17-18(12-14)29-23(28)20(17)19/h7-10,14,16-20H,2-6,11-12H2,1H3,(H,24,26)/t14-,17-,18-,19-,20+/m1/s1. The van der Waals surface area contributed by atoms with Gasteiger partial charge in [-0.1, -0.05) is 19.3 Å². The van der Waals surface area contributed by atoms with Crippen LogP contribution >= 0.6 is 0 Å². The summed E-state index contributed by atoms with van der Waals surface area (Å²) in [7, 11) is 1.89. The number of ether oxygens (including phenoxy) is 1. The van der Waals surface area contributed by atoms with E-state index in [1.807, 2.05) is 11.9 Å². The Morgan fingerprint density at radius 1 is 1.07 bits per heavy atom. The zero-order valence-corrected chi connectivity index (χ0v) is 16.8. The molecule has 4 aliphatic rings. The van der Waals surface area contributed by atoms with E-state index >= 15 is 0 Å². The van der Waals surface area contributed by atoms with Crippen LogP contribution in [0.3, 0.4) is 0 Å². The highest BCUT2D eigenvalue weighted by Crippen LogP contribution is 2.57. The van der Waals surface area contributed by atoms with Gasteiger partial charge in [0.15, 0.2) is 0 Å². The maximum Gasteiger partial charge on any atom is 0.310 e. The minimum absolute atomic E-state index is 0.0302. The average molecular weight is 396 g/mol. The maximum atomic E-state index is 12.9. The first-order chi connectivity index (χ1) is 14.0. The molecule has 5 atom stereocenters. The van der Waals surface area contributed by atoms with Crippen molar-refractivity contribution in [3.63, 3.8) is 0 Å². The summed E-state index contributed by atoms with van der Waals surface area (Å²) in [6, 6.07) is 7.44. The van der Waals surface area contributed by atoms with Crippen LogP contribution in [-0.4, -0.2) is 41.9 Å². The van der Waals surface area contributed by atoms with Crippen LogP contribution in [0.5, 0.6) is 0 Å². The molecule has 2 bridgehead atoms. The molecule has 1 aromatic rings. The van der Waals surface area contributed by atoms with Crippen LogP contribution in [0.2, 0.25) is 0 Å². The monoisotopic (exact) mass is 396 g/mol. The Hall–Kier alpha value is -2.37. The second kappa shape index (κ2) is 7.15. The second-order valence-corrected chi connectivity index (χ2v) is 9.20. The number of carbonyl (C=O) groups is 3. The molecule has 3 saturated carbocycles. The van der Waals surface area contributed by atoms with Gasteiger partial charge < -0.3 is 15.0 Å². The van der Waals surface area contributed by atoms with Crippen LogP contribution in [0.25, 0.3) is 0 Å². The van der Waals surface area contributed by atoms with Crippen molar-refractivity contribution in [2.45, 2.75) is 57.1 Å². The summed E-state index contributed by atoms with van der Waals surface area (Å²) in [4.78, 5) is 39.7. The highest BCUT2D eigenvalue weighted by atomic mass is 16.6. The van der Waals surface area contributed by atoms with E-state index in [1.165, 1.54) is 19.3 Å². The minimum atomic E-state index is -0.287. The molecule has 1 N–H and O–H groups in total. The van der Waals surface area contributed by atoms with Crippen LogP contribution in [0.15, 0.2) is 24.3 Å². The van der Waals surface area contributed by atoms with Gasteiger partial charge in [-0.05, 0) is 55.9 Å². The Balaban J connectivity index is 1.23. The fraction of sp³-hybridized carbons (Fsp3) is 0.609. The van der Waals surface area contributed by atoms with Crippen molar-refractivity contribution in [1.82, 2.24) is 4.90 Å². The van der Waals surface area contributed by atoms with Gasteiger partial charge >= 0.3 is 5.97 Å². The first-order valence-corrected chi connectivity index (χ1v) is 10.9. The fourth-order valence-electron chi connectivity index (χ4n) is 6.12. The molecule has 6 nitrogen and oxygen atoms in total. The molecule has 0 unspecified atom stereocenters. The SMILES string of the molecule is CN(C(=O)c1ccc(NC(=O)[C@@H]2[C@@H]3C[C@H]4[C@@H]2C(=O)O[C@@H]4C3)cc1)C1CCCCC1. The lowest BCUT2D eigenvalue weighted by molar-refractivity contribution is -0.145. The molecule has 0 aromatic heterocycles. The Labute approximate surface area is 171 Å². The molecule has 4 fully saturated rings. The van der Waals surface area contributed by atoms with Crippen LogP contribution in [0.4, 0.5) is 5.69 Å². The number of esters is 1. The third-order valence-corrected chi connectivity index (χ3v) is 7.63. The lowest BCUT2D eigenvalue weighted by Crippen LogP contribution is -2.38. The molecule has 1 heterocycles. The van der Waals surface area contributed by atoms with Gasteiger partial charge in [0.2, 0.25) is 5.91 Å². The van der Waals surface area contributed by atoms with Crippen molar-refractivity contribution >= 4 is 23.5 Å². The van der Waals surface area contributed by atoms with Gasteiger partial charge in [0.05, 0.1) is 11.8 Å². The van der Waals surface area contributed by atoms with E-state index in [4.69, 9.17) is 4.74 Å². The highest BCUT2D eigenvalue weighted by molar-refractivity contribution is 5.98. The molecule has 29 heavy (non-hydrogen) atoms. The number of carbonyl (C=O) groups excluding carboxylic acids is 3. The van der Waals surface area contributed by atoms with Crippen molar-refractivity contribution in [2.75, 3.05) is 12.4 Å². The number of anilines is 1. The lowest BCUT2D eigenvalue weighted by Gasteiger charge is -2.31. The Bertz CT molecular complexity index is 828. The number of hydrogen-bond donors (Lipinski definition) is 1. The lowest BCUT2D eigenvalue weighted by atomic mass is 9.79. The normalized spacial score (nSPS) is 32.9. The van der Waals surface area contributed by atoms with Crippen molar-refractivity contribution < 1.29 is 19.1 Å². The summed E-state index contributed by atoms with van der Waals surface area (Å²) in [5.74, 6) is -0.369. The van der Waals surface area contributed by atoms with Gasteiger partial charge in [-0.15, -0.1) is 0 Å². The zero-order valence-electron chi connectivity index (χ0n) is 16.8. The van der Waals surface area contributed by atoms with Gasteiger partial charge in [0, 0.05) is 30.3 Å². The van der Waals surface area contributed by atoms with Crippen LogP contribution in [-0.2, 0) is 14.3 Å². The number of amides is 2.